The van der Waals surface area contributed by atoms with E-state index in [0.717, 1.165) is 5.56 Å². The maximum atomic E-state index is 13.6. The molecule has 0 aromatic heterocycles. The number of esters is 2. The molecule has 2 heterocycles. The second kappa shape index (κ2) is 15.8. The summed E-state index contributed by atoms with van der Waals surface area (Å²) in [4.78, 5) is 53.6. The van der Waals surface area contributed by atoms with Gasteiger partial charge < -0.3 is 29.6 Å². The van der Waals surface area contributed by atoms with Gasteiger partial charge in [0, 0.05) is 25.3 Å². The van der Waals surface area contributed by atoms with Crippen LogP contribution >= 0.6 is 11.6 Å². The Morgan fingerprint density at radius 2 is 1.74 bits per heavy atom. The summed E-state index contributed by atoms with van der Waals surface area (Å²) in [5.74, 6) is -2.06. The zero-order valence-corrected chi connectivity index (χ0v) is 28.5. The van der Waals surface area contributed by atoms with Crippen molar-refractivity contribution in [2.45, 2.75) is 84.3 Å². The Balaban J connectivity index is 1.61. The number of carbonyl (C=O) groups is 4. The Hall–Kier alpha value is -3.89. The topological polar surface area (TPSA) is 133 Å². The lowest BCUT2D eigenvalue weighted by molar-refractivity contribution is -0.179. The fourth-order valence-corrected chi connectivity index (χ4v) is 5.75. The minimum absolute atomic E-state index is 0.0228. The fourth-order valence-electron chi connectivity index (χ4n) is 5.46. The van der Waals surface area contributed by atoms with Crippen molar-refractivity contribution in [3.05, 3.63) is 76.8 Å². The van der Waals surface area contributed by atoms with Crippen LogP contribution in [-0.2, 0) is 39.8 Å². The van der Waals surface area contributed by atoms with Crippen LogP contribution in [0.15, 0.2) is 60.7 Å². The first-order valence-corrected chi connectivity index (χ1v) is 16.4. The number of cyclic esters (lactones) is 2. The Bertz CT molecular complexity index is 1460. The summed E-state index contributed by atoms with van der Waals surface area (Å²) < 4.78 is 23.1. The van der Waals surface area contributed by atoms with Crippen LogP contribution in [0.3, 0.4) is 0 Å². The molecular weight excluding hydrogens is 624 g/mol. The lowest BCUT2D eigenvalue weighted by Crippen LogP contribution is -2.51. The van der Waals surface area contributed by atoms with Gasteiger partial charge in [0.1, 0.15) is 24.0 Å². The molecule has 47 heavy (non-hydrogen) atoms. The van der Waals surface area contributed by atoms with E-state index in [-0.39, 0.29) is 49.9 Å². The standard InChI is InChI=1S/C36H45ClN2O8/c1-21(2)17-29-34(42)45-27(22(3)31-32(47-31)24-11-8-7-9-12-24)13-10-14-30(40)39-26(19-23-15-16-28(44-6)25(37)18-23)33(41)38-20-36(4,5)35(43)46-29/h7-12,14-16,18,21-22,26-27,29,31-32H,13,17,19-20H2,1-6H3,(H,38,41)(H,39,40)/b14-10+/t22-,26+,27?,29-,31+,32+/m0/s1. The molecule has 0 spiro atoms. The third-order valence-electron chi connectivity index (χ3n) is 8.41. The summed E-state index contributed by atoms with van der Waals surface area (Å²) in [5, 5.41) is 5.91. The van der Waals surface area contributed by atoms with E-state index < -0.39 is 47.4 Å². The number of epoxide rings is 1. The first-order valence-electron chi connectivity index (χ1n) is 16.0. The van der Waals surface area contributed by atoms with Crippen molar-refractivity contribution >= 4 is 35.4 Å². The highest BCUT2D eigenvalue weighted by Gasteiger charge is 2.48. The highest BCUT2D eigenvalue weighted by molar-refractivity contribution is 6.32. The third kappa shape index (κ3) is 9.81. The second-order valence-electron chi connectivity index (χ2n) is 13.3. The lowest BCUT2D eigenvalue weighted by Gasteiger charge is -2.29. The van der Waals surface area contributed by atoms with Crippen LogP contribution in [-0.4, -0.2) is 61.8 Å². The van der Waals surface area contributed by atoms with Crippen LogP contribution in [0.4, 0.5) is 0 Å². The molecule has 2 aliphatic rings. The summed E-state index contributed by atoms with van der Waals surface area (Å²) in [7, 11) is 1.51. The molecule has 1 saturated heterocycles. The predicted octanol–water partition coefficient (Wildman–Crippen LogP) is 5.12. The summed E-state index contributed by atoms with van der Waals surface area (Å²) >= 11 is 6.32. The van der Waals surface area contributed by atoms with Gasteiger partial charge in [0.15, 0.2) is 6.10 Å². The Morgan fingerprint density at radius 1 is 1.02 bits per heavy atom. The molecule has 6 atom stereocenters. The Kier molecular flexibility index (Phi) is 12.1. The third-order valence-corrected chi connectivity index (χ3v) is 8.70. The molecule has 0 radical (unpaired) electrons. The Labute approximate surface area is 281 Å². The van der Waals surface area contributed by atoms with Gasteiger partial charge in [-0.05, 0) is 55.5 Å². The Morgan fingerprint density at radius 3 is 2.40 bits per heavy atom. The molecular formula is C36H45ClN2O8. The van der Waals surface area contributed by atoms with E-state index in [2.05, 4.69) is 10.6 Å². The molecule has 1 fully saturated rings. The molecule has 254 valence electrons. The van der Waals surface area contributed by atoms with Gasteiger partial charge in [0.05, 0.1) is 23.7 Å². The van der Waals surface area contributed by atoms with Crippen molar-refractivity contribution in [3.8, 4) is 5.75 Å². The van der Waals surface area contributed by atoms with Gasteiger partial charge in [-0.25, -0.2) is 4.79 Å². The van der Waals surface area contributed by atoms with Gasteiger partial charge in [-0.2, -0.15) is 0 Å². The smallest absolute Gasteiger partial charge is 0.347 e. The van der Waals surface area contributed by atoms with Gasteiger partial charge in [-0.15, -0.1) is 0 Å². The van der Waals surface area contributed by atoms with Crippen molar-refractivity contribution in [1.82, 2.24) is 10.6 Å². The maximum Gasteiger partial charge on any atom is 0.347 e. The van der Waals surface area contributed by atoms with Crippen molar-refractivity contribution in [3.63, 3.8) is 0 Å². The highest BCUT2D eigenvalue weighted by Crippen LogP contribution is 2.45. The van der Waals surface area contributed by atoms with Gasteiger partial charge >= 0.3 is 11.9 Å². The molecule has 4 rings (SSSR count). The zero-order valence-electron chi connectivity index (χ0n) is 27.8. The van der Waals surface area contributed by atoms with Crippen LogP contribution in [0.25, 0.3) is 0 Å². The lowest BCUT2D eigenvalue weighted by atomic mass is 9.92. The van der Waals surface area contributed by atoms with Gasteiger partial charge in [-0.1, -0.05) is 74.8 Å². The van der Waals surface area contributed by atoms with Crippen molar-refractivity contribution in [2.75, 3.05) is 13.7 Å². The number of hydrogen-bond donors (Lipinski definition) is 2. The first-order chi connectivity index (χ1) is 22.3. The largest absolute Gasteiger partial charge is 0.495 e. The molecule has 2 aromatic carbocycles. The normalized spacial score (nSPS) is 26.8. The summed E-state index contributed by atoms with van der Waals surface area (Å²) in [6, 6.07) is 13.9. The molecule has 2 amide bonds. The predicted molar refractivity (Wildman–Crippen MR) is 177 cm³/mol. The van der Waals surface area contributed by atoms with Crippen molar-refractivity contribution < 1.29 is 38.1 Å². The van der Waals surface area contributed by atoms with E-state index in [9.17, 15) is 19.2 Å². The van der Waals surface area contributed by atoms with Crippen LogP contribution in [0, 0.1) is 17.3 Å². The van der Waals surface area contributed by atoms with Crippen LogP contribution in [0.5, 0.6) is 5.75 Å². The zero-order chi connectivity index (χ0) is 34.3. The molecule has 0 aliphatic carbocycles. The molecule has 1 unspecified atom stereocenters. The van der Waals surface area contributed by atoms with Crippen molar-refractivity contribution in [2.24, 2.45) is 17.3 Å². The number of halogens is 1. The van der Waals surface area contributed by atoms with E-state index >= 15 is 0 Å². The van der Waals surface area contributed by atoms with Crippen LogP contribution in [0.1, 0.15) is 64.7 Å². The molecule has 2 aliphatic heterocycles. The minimum atomic E-state index is -1.20. The molecule has 2 N–H and O–H groups in total. The second-order valence-corrected chi connectivity index (χ2v) is 13.7. The molecule has 2 aromatic rings. The van der Waals surface area contributed by atoms with Crippen molar-refractivity contribution in [1.29, 1.82) is 0 Å². The first kappa shape index (κ1) is 36.0. The summed E-state index contributed by atoms with van der Waals surface area (Å²) in [5.41, 5.74) is 0.524. The number of rotatable bonds is 8. The number of benzene rings is 2. The van der Waals surface area contributed by atoms with Gasteiger partial charge in [0.2, 0.25) is 11.8 Å². The van der Waals surface area contributed by atoms with Crippen LogP contribution < -0.4 is 15.4 Å². The summed E-state index contributed by atoms with van der Waals surface area (Å²) in [6.45, 7) is 8.92. The van der Waals surface area contributed by atoms with E-state index in [1.807, 2.05) is 51.1 Å². The van der Waals surface area contributed by atoms with E-state index in [1.54, 1.807) is 38.1 Å². The average molecular weight is 669 g/mol. The quantitative estimate of drug-likeness (QED) is 0.293. The average Bonchev–Trinajstić information content (AvgIpc) is 3.83. The number of methoxy groups -OCH3 is 1. The number of hydrogen-bond acceptors (Lipinski definition) is 8. The molecule has 10 nitrogen and oxygen atoms in total. The summed E-state index contributed by atoms with van der Waals surface area (Å²) in [6.07, 6.45) is 1.34. The number of ether oxygens (including phenoxy) is 4. The fraction of sp³-hybridized carbons (Fsp3) is 0.500. The van der Waals surface area contributed by atoms with Gasteiger partial charge in [0.25, 0.3) is 0 Å². The number of carbonyl (C=O) groups excluding carboxylic acids is 4. The van der Waals surface area contributed by atoms with Crippen LogP contribution in [0.2, 0.25) is 5.02 Å². The maximum absolute atomic E-state index is 13.6. The highest BCUT2D eigenvalue weighted by atomic mass is 35.5. The monoisotopic (exact) mass is 668 g/mol. The van der Waals surface area contributed by atoms with E-state index in [0.29, 0.717) is 16.3 Å². The van der Waals surface area contributed by atoms with E-state index in [1.165, 1.54) is 13.2 Å². The van der Waals surface area contributed by atoms with E-state index in [4.69, 9.17) is 30.5 Å². The number of amides is 2. The van der Waals surface area contributed by atoms with Gasteiger partial charge in [-0.3, -0.25) is 14.4 Å². The SMILES string of the molecule is COc1ccc(C[C@H]2NC(=O)/C=C/CC([C@H](C)[C@H]3O[C@@H]3c3ccccc3)OC(=O)[C@H](CC(C)C)OC(=O)C(C)(C)CNC2=O)cc1Cl. The number of nitrogens with one attached hydrogen (secondary N) is 2. The molecule has 0 saturated carbocycles. The molecule has 11 heteroatoms. The minimum Gasteiger partial charge on any atom is -0.495 e. The molecule has 0 bridgehead atoms.